The van der Waals surface area contributed by atoms with Gasteiger partial charge in [-0.15, -0.1) is 11.6 Å². The molecule has 6 heteroatoms. The lowest BCUT2D eigenvalue weighted by Gasteiger charge is -2.12. The summed E-state index contributed by atoms with van der Waals surface area (Å²) < 4.78 is 30.4. The summed E-state index contributed by atoms with van der Waals surface area (Å²) in [6.07, 6.45) is 0. The standard InChI is InChI=1S/C15H10ClF2IN2/c1-8(16)15-20-11-7-6-9(17)13(18)14(11)21(15)12-5-3-2-4-10(12)19/h2-8H,1H3. The second-order valence-electron chi connectivity index (χ2n) is 4.60. The fraction of sp³-hybridized carbons (Fsp3) is 0.133. The highest BCUT2D eigenvalue weighted by atomic mass is 127. The fourth-order valence-corrected chi connectivity index (χ4v) is 3.04. The van der Waals surface area contributed by atoms with Crippen molar-refractivity contribution in [1.29, 1.82) is 0 Å². The summed E-state index contributed by atoms with van der Waals surface area (Å²) in [5.41, 5.74) is 1.23. The molecule has 1 atom stereocenters. The van der Waals surface area contributed by atoms with E-state index >= 15 is 0 Å². The minimum atomic E-state index is -0.914. The Labute approximate surface area is 138 Å². The Morgan fingerprint density at radius 2 is 1.90 bits per heavy atom. The number of rotatable bonds is 2. The van der Waals surface area contributed by atoms with Crippen LogP contribution in [0.4, 0.5) is 8.78 Å². The van der Waals surface area contributed by atoms with Gasteiger partial charge >= 0.3 is 0 Å². The zero-order valence-corrected chi connectivity index (χ0v) is 13.9. The molecule has 1 heterocycles. The molecular weight excluding hydrogens is 409 g/mol. The molecule has 1 aromatic heterocycles. The van der Waals surface area contributed by atoms with Crippen molar-refractivity contribution in [2.45, 2.75) is 12.3 Å². The predicted molar refractivity (Wildman–Crippen MR) is 88.0 cm³/mol. The molecule has 1 unspecified atom stereocenters. The summed E-state index contributed by atoms with van der Waals surface area (Å²) in [7, 11) is 0. The second-order valence-corrected chi connectivity index (χ2v) is 6.42. The lowest BCUT2D eigenvalue weighted by Crippen LogP contribution is -2.05. The molecular formula is C15H10ClF2IN2. The summed E-state index contributed by atoms with van der Waals surface area (Å²) in [6.45, 7) is 1.75. The molecule has 0 aliphatic rings. The smallest absolute Gasteiger partial charge is 0.185 e. The molecule has 0 amide bonds. The number of imidazole rings is 1. The van der Waals surface area contributed by atoms with Crippen LogP contribution in [-0.4, -0.2) is 9.55 Å². The van der Waals surface area contributed by atoms with Crippen LogP contribution in [0.25, 0.3) is 16.7 Å². The molecule has 0 aliphatic heterocycles. The van der Waals surface area contributed by atoms with Gasteiger partial charge in [0.15, 0.2) is 11.6 Å². The molecule has 2 aromatic carbocycles. The molecule has 0 radical (unpaired) electrons. The van der Waals surface area contributed by atoms with Crippen LogP contribution >= 0.6 is 34.2 Å². The minimum absolute atomic E-state index is 0.113. The van der Waals surface area contributed by atoms with Crippen molar-refractivity contribution < 1.29 is 8.78 Å². The van der Waals surface area contributed by atoms with Crippen molar-refractivity contribution in [2.24, 2.45) is 0 Å². The predicted octanol–water partition coefficient (Wildman–Crippen LogP) is 5.21. The highest BCUT2D eigenvalue weighted by Crippen LogP contribution is 2.32. The Morgan fingerprint density at radius 3 is 2.57 bits per heavy atom. The monoisotopic (exact) mass is 418 g/mol. The molecule has 21 heavy (non-hydrogen) atoms. The van der Waals surface area contributed by atoms with E-state index in [1.54, 1.807) is 11.5 Å². The van der Waals surface area contributed by atoms with Gasteiger partial charge in [-0.2, -0.15) is 0 Å². The third kappa shape index (κ3) is 2.42. The van der Waals surface area contributed by atoms with Crippen molar-refractivity contribution in [3.8, 4) is 5.69 Å². The maximum absolute atomic E-state index is 14.3. The number of para-hydroxylation sites is 1. The molecule has 0 N–H and O–H groups in total. The third-order valence-electron chi connectivity index (χ3n) is 3.18. The van der Waals surface area contributed by atoms with Crippen LogP contribution in [0, 0.1) is 15.2 Å². The van der Waals surface area contributed by atoms with Crippen LogP contribution < -0.4 is 0 Å². The largest absolute Gasteiger partial charge is 0.291 e. The SMILES string of the molecule is CC(Cl)c1nc2ccc(F)c(F)c2n1-c1ccccc1I. The molecule has 3 aromatic rings. The minimum Gasteiger partial charge on any atom is -0.291 e. The highest BCUT2D eigenvalue weighted by Gasteiger charge is 2.22. The Morgan fingerprint density at radius 1 is 1.19 bits per heavy atom. The molecule has 0 aliphatic carbocycles. The number of fused-ring (bicyclic) bond motifs is 1. The molecule has 3 rings (SSSR count). The van der Waals surface area contributed by atoms with Gasteiger partial charge in [0.1, 0.15) is 11.3 Å². The highest BCUT2D eigenvalue weighted by molar-refractivity contribution is 14.1. The second kappa shape index (κ2) is 5.53. The van der Waals surface area contributed by atoms with E-state index in [2.05, 4.69) is 27.6 Å². The van der Waals surface area contributed by atoms with E-state index in [0.717, 1.165) is 15.3 Å². The van der Waals surface area contributed by atoms with E-state index in [1.165, 1.54) is 6.07 Å². The lowest BCUT2D eigenvalue weighted by atomic mass is 10.2. The van der Waals surface area contributed by atoms with Crippen molar-refractivity contribution in [1.82, 2.24) is 9.55 Å². The lowest BCUT2D eigenvalue weighted by molar-refractivity contribution is 0.514. The average Bonchev–Trinajstić information content (AvgIpc) is 2.84. The first-order chi connectivity index (χ1) is 10.0. The maximum Gasteiger partial charge on any atom is 0.185 e. The number of aromatic nitrogens is 2. The Bertz CT molecular complexity index is 830. The Kier molecular flexibility index (Phi) is 3.88. The van der Waals surface area contributed by atoms with Gasteiger partial charge < -0.3 is 0 Å². The van der Waals surface area contributed by atoms with Gasteiger partial charge in [-0.25, -0.2) is 13.8 Å². The molecule has 108 valence electrons. The van der Waals surface area contributed by atoms with Gasteiger partial charge in [0.2, 0.25) is 0 Å². The van der Waals surface area contributed by atoms with Gasteiger partial charge in [0, 0.05) is 3.57 Å². The molecule has 0 fully saturated rings. The van der Waals surface area contributed by atoms with E-state index in [0.29, 0.717) is 11.3 Å². The van der Waals surface area contributed by atoms with Gasteiger partial charge in [-0.05, 0) is 53.8 Å². The first kappa shape index (κ1) is 14.7. The summed E-state index contributed by atoms with van der Waals surface area (Å²) in [5.74, 6) is -1.33. The van der Waals surface area contributed by atoms with E-state index in [4.69, 9.17) is 11.6 Å². The number of alkyl halides is 1. The first-order valence-electron chi connectivity index (χ1n) is 6.26. The van der Waals surface area contributed by atoms with Crippen molar-refractivity contribution >= 4 is 45.2 Å². The van der Waals surface area contributed by atoms with E-state index < -0.39 is 17.0 Å². The third-order valence-corrected chi connectivity index (χ3v) is 4.29. The zero-order valence-electron chi connectivity index (χ0n) is 10.9. The fourth-order valence-electron chi connectivity index (χ4n) is 2.26. The van der Waals surface area contributed by atoms with E-state index in [1.807, 2.05) is 24.3 Å². The van der Waals surface area contributed by atoms with Crippen LogP contribution in [0.3, 0.4) is 0 Å². The maximum atomic E-state index is 14.3. The van der Waals surface area contributed by atoms with Crippen LogP contribution in [0.15, 0.2) is 36.4 Å². The molecule has 0 saturated carbocycles. The summed E-state index contributed by atoms with van der Waals surface area (Å²) >= 11 is 8.32. The number of halogens is 4. The van der Waals surface area contributed by atoms with Crippen LogP contribution in [-0.2, 0) is 0 Å². The summed E-state index contributed by atoms with van der Waals surface area (Å²) in [6, 6.07) is 9.97. The van der Waals surface area contributed by atoms with Crippen molar-refractivity contribution in [3.05, 3.63) is 57.4 Å². The topological polar surface area (TPSA) is 17.8 Å². The number of nitrogens with zero attached hydrogens (tertiary/aromatic N) is 2. The normalized spacial score (nSPS) is 12.8. The van der Waals surface area contributed by atoms with E-state index in [-0.39, 0.29) is 5.52 Å². The van der Waals surface area contributed by atoms with Gasteiger partial charge in [0.05, 0.1) is 16.6 Å². The number of hydrogen-bond acceptors (Lipinski definition) is 1. The van der Waals surface area contributed by atoms with Gasteiger partial charge in [0.25, 0.3) is 0 Å². The van der Waals surface area contributed by atoms with Crippen molar-refractivity contribution in [3.63, 3.8) is 0 Å². The number of benzene rings is 2. The Balaban J connectivity index is 2.47. The molecule has 2 nitrogen and oxygen atoms in total. The zero-order chi connectivity index (χ0) is 15.1. The number of hydrogen-bond donors (Lipinski definition) is 0. The van der Waals surface area contributed by atoms with Crippen LogP contribution in [0.2, 0.25) is 0 Å². The first-order valence-corrected chi connectivity index (χ1v) is 7.77. The molecule has 0 bridgehead atoms. The molecule has 0 saturated heterocycles. The Hall–Kier alpha value is -1.21. The van der Waals surface area contributed by atoms with Gasteiger partial charge in [-0.1, -0.05) is 12.1 Å². The van der Waals surface area contributed by atoms with E-state index in [9.17, 15) is 8.78 Å². The van der Waals surface area contributed by atoms with Crippen LogP contribution in [0.5, 0.6) is 0 Å². The summed E-state index contributed by atoms with van der Waals surface area (Å²) in [5, 5.41) is -0.434. The summed E-state index contributed by atoms with van der Waals surface area (Å²) in [4.78, 5) is 4.35. The molecule has 0 spiro atoms. The average molecular weight is 419 g/mol. The van der Waals surface area contributed by atoms with Crippen LogP contribution in [0.1, 0.15) is 18.1 Å². The van der Waals surface area contributed by atoms with Gasteiger partial charge in [-0.3, -0.25) is 4.57 Å². The van der Waals surface area contributed by atoms with Crippen molar-refractivity contribution in [2.75, 3.05) is 0 Å². The quantitative estimate of drug-likeness (QED) is 0.413.